The van der Waals surface area contributed by atoms with Gasteiger partial charge in [0.05, 0.1) is 18.8 Å². The molecule has 2 aromatic carbocycles. The minimum absolute atomic E-state index is 0.0187. The number of aromatic nitrogens is 1. The Kier molecular flexibility index (Phi) is 10.1. The van der Waals surface area contributed by atoms with Gasteiger partial charge >= 0.3 is 18.1 Å². The number of ether oxygens (including phenoxy) is 3. The van der Waals surface area contributed by atoms with Gasteiger partial charge in [-0.1, -0.05) is 12.1 Å². The van der Waals surface area contributed by atoms with Crippen molar-refractivity contribution in [2.24, 2.45) is 11.7 Å². The highest BCUT2D eigenvalue weighted by Gasteiger charge is 2.32. The van der Waals surface area contributed by atoms with E-state index in [0.717, 1.165) is 50.2 Å². The van der Waals surface area contributed by atoms with Gasteiger partial charge in [-0.15, -0.1) is 0 Å². The van der Waals surface area contributed by atoms with E-state index in [1.807, 2.05) is 0 Å². The standard InChI is InChI=1S/C26H22BrF5N2O7/c1-12(35)38-10-14(11-39-13(2)36)9-19(40-18-8-7-17(28)20(21(18)29)24(33)37)25-34-22(23(27)41-25)15-3-5-16(6-4-15)26(30,31)32/h3-8,14,19H,9-11H2,1-2H3,(H2,33,37). The monoisotopic (exact) mass is 648 g/mol. The van der Waals surface area contributed by atoms with Crippen LogP contribution in [0.2, 0.25) is 0 Å². The van der Waals surface area contributed by atoms with E-state index < -0.39 is 64.6 Å². The van der Waals surface area contributed by atoms with Gasteiger partial charge in [0.15, 0.2) is 22.3 Å². The van der Waals surface area contributed by atoms with Gasteiger partial charge in [-0.2, -0.15) is 13.2 Å². The second kappa shape index (κ2) is 13.1. The summed E-state index contributed by atoms with van der Waals surface area (Å²) in [5, 5.41) is 0. The van der Waals surface area contributed by atoms with E-state index in [1.165, 1.54) is 0 Å². The second-order valence-corrected chi connectivity index (χ2v) is 9.38. The van der Waals surface area contributed by atoms with Crippen molar-refractivity contribution >= 4 is 33.8 Å². The molecule has 0 aliphatic rings. The molecule has 41 heavy (non-hydrogen) atoms. The van der Waals surface area contributed by atoms with Crippen LogP contribution in [0, 0.1) is 17.6 Å². The lowest BCUT2D eigenvalue weighted by Gasteiger charge is -2.23. The Hall–Kier alpha value is -4.01. The van der Waals surface area contributed by atoms with Crippen LogP contribution < -0.4 is 10.5 Å². The fourth-order valence-corrected chi connectivity index (χ4v) is 4.09. The van der Waals surface area contributed by atoms with Gasteiger partial charge in [-0.05, 0) is 40.2 Å². The topological polar surface area (TPSA) is 131 Å². The first-order chi connectivity index (χ1) is 19.2. The molecule has 3 aromatic rings. The maximum Gasteiger partial charge on any atom is 0.416 e. The molecule has 0 aliphatic heterocycles. The summed E-state index contributed by atoms with van der Waals surface area (Å²) in [6.07, 6.45) is -6.10. The van der Waals surface area contributed by atoms with Crippen molar-refractivity contribution in [3.05, 3.63) is 69.7 Å². The first-order valence-electron chi connectivity index (χ1n) is 11.7. The normalized spacial score (nSPS) is 12.2. The number of carbonyl (C=O) groups is 3. The number of nitrogens with zero attached hydrogens (tertiary/aromatic N) is 1. The van der Waals surface area contributed by atoms with Gasteiger partial charge < -0.3 is 24.4 Å². The number of hydrogen-bond donors (Lipinski definition) is 1. The molecule has 1 aromatic heterocycles. The van der Waals surface area contributed by atoms with Gasteiger partial charge in [0.1, 0.15) is 17.1 Å². The zero-order valence-corrected chi connectivity index (χ0v) is 23.0. The number of amides is 1. The highest BCUT2D eigenvalue weighted by Crippen LogP contribution is 2.37. The minimum Gasteiger partial charge on any atom is -0.478 e. The first-order valence-corrected chi connectivity index (χ1v) is 12.5. The second-order valence-electron chi connectivity index (χ2n) is 8.66. The van der Waals surface area contributed by atoms with Crippen LogP contribution in [0.1, 0.15) is 48.2 Å². The van der Waals surface area contributed by atoms with Gasteiger partial charge in [0, 0.05) is 31.7 Å². The van der Waals surface area contributed by atoms with E-state index in [9.17, 15) is 31.9 Å². The van der Waals surface area contributed by atoms with Crippen molar-refractivity contribution in [1.82, 2.24) is 4.98 Å². The van der Waals surface area contributed by atoms with Crippen molar-refractivity contribution in [3.8, 4) is 17.0 Å². The SMILES string of the molecule is CC(=O)OCC(COC(C)=O)CC(Oc1ccc(F)c(C(N)=O)c1F)c1nc(-c2ccc(C(F)(F)F)cc2)c(Br)o1. The lowest BCUT2D eigenvalue weighted by Crippen LogP contribution is -2.24. The molecule has 0 spiro atoms. The lowest BCUT2D eigenvalue weighted by molar-refractivity contribution is -0.147. The van der Waals surface area contributed by atoms with Gasteiger partial charge in [-0.25, -0.2) is 13.8 Å². The van der Waals surface area contributed by atoms with Crippen LogP contribution in [0.25, 0.3) is 11.3 Å². The molecule has 1 heterocycles. The summed E-state index contributed by atoms with van der Waals surface area (Å²) in [4.78, 5) is 38.7. The molecule has 3 rings (SSSR count). The summed E-state index contributed by atoms with van der Waals surface area (Å²) < 4.78 is 89.5. The molecular weight excluding hydrogens is 627 g/mol. The molecule has 15 heteroatoms. The Morgan fingerprint density at radius 1 is 1.00 bits per heavy atom. The Balaban J connectivity index is 2.04. The van der Waals surface area contributed by atoms with Crippen molar-refractivity contribution in [2.45, 2.75) is 32.5 Å². The highest BCUT2D eigenvalue weighted by molar-refractivity contribution is 9.10. The van der Waals surface area contributed by atoms with Crippen LogP contribution in [0.5, 0.6) is 5.75 Å². The molecule has 1 unspecified atom stereocenters. The number of rotatable bonds is 11. The minimum atomic E-state index is -4.56. The number of esters is 2. The zero-order valence-electron chi connectivity index (χ0n) is 21.4. The number of hydrogen-bond acceptors (Lipinski definition) is 8. The summed E-state index contributed by atoms with van der Waals surface area (Å²) in [6.45, 7) is 1.76. The van der Waals surface area contributed by atoms with Crippen LogP contribution in [-0.4, -0.2) is 36.0 Å². The molecule has 2 N–H and O–H groups in total. The van der Waals surface area contributed by atoms with E-state index in [4.69, 9.17) is 24.4 Å². The Labute approximate surface area is 237 Å². The number of primary amides is 1. The smallest absolute Gasteiger partial charge is 0.416 e. The van der Waals surface area contributed by atoms with Crippen LogP contribution in [-0.2, 0) is 25.2 Å². The number of benzene rings is 2. The summed E-state index contributed by atoms with van der Waals surface area (Å²) in [5.41, 5.74) is 3.43. The van der Waals surface area contributed by atoms with Crippen molar-refractivity contribution in [3.63, 3.8) is 0 Å². The molecule has 0 fully saturated rings. The van der Waals surface area contributed by atoms with E-state index in [1.54, 1.807) is 0 Å². The van der Waals surface area contributed by atoms with Crippen LogP contribution in [0.15, 0.2) is 45.5 Å². The molecule has 0 aliphatic carbocycles. The maximum absolute atomic E-state index is 15.0. The van der Waals surface area contributed by atoms with Gasteiger partial charge in [-0.3, -0.25) is 14.4 Å². The summed E-state index contributed by atoms with van der Waals surface area (Å²) in [7, 11) is 0. The molecule has 1 amide bonds. The summed E-state index contributed by atoms with van der Waals surface area (Å²) in [6, 6.07) is 5.66. The predicted octanol–water partition coefficient (Wildman–Crippen LogP) is 5.75. The molecular formula is C26H22BrF5N2O7. The molecule has 0 saturated heterocycles. The van der Waals surface area contributed by atoms with E-state index in [2.05, 4.69) is 20.9 Å². The molecule has 1 atom stereocenters. The maximum atomic E-state index is 15.0. The predicted molar refractivity (Wildman–Crippen MR) is 134 cm³/mol. The number of carbonyl (C=O) groups excluding carboxylic acids is 3. The molecule has 220 valence electrons. The number of alkyl halides is 3. The average Bonchev–Trinajstić information content (AvgIpc) is 3.27. The van der Waals surface area contributed by atoms with Gasteiger partial charge in [0.25, 0.3) is 5.91 Å². The molecule has 9 nitrogen and oxygen atoms in total. The number of halogens is 6. The summed E-state index contributed by atoms with van der Waals surface area (Å²) >= 11 is 3.16. The van der Waals surface area contributed by atoms with E-state index >= 15 is 4.39 Å². The van der Waals surface area contributed by atoms with Crippen molar-refractivity contribution in [2.75, 3.05) is 13.2 Å². The quantitative estimate of drug-likeness (QED) is 0.205. The third-order valence-electron chi connectivity index (χ3n) is 5.53. The van der Waals surface area contributed by atoms with E-state index in [-0.39, 0.29) is 41.5 Å². The van der Waals surface area contributed by atoms with Crippen molar-refractivity contribution in [1.29, 1.82) is 0 Å². The average molecular weight is 649 g/mol. The molecule has 0 radical (unpaired) electrons. The molecule has 0 saturated carbocycles. The lowest BCUT2D eigenvalue weighted by atomic mass is 10.0. The first kappa shape index (κ1) is 31.5. The largest absolute Gasteiger partial charge is 0.478 e. The molecule has 0 bridgehead atoms. The van der Waals surface area contributed by atoms with Crippen molar-refractivity contribution < 1.29 is 55.0 Å². The van der Waals surface area contributed by atoms with Gasteiger partial charge in [0.2, 0.25) is 5.89 Å². The Morgan fingerprint density at radius 3 is 2.10 bits per heavy atom. The Morgan fingerprint density at radius 2 is 1.59 bits per heavy atom. The number of oxazole rings is 1. The van der Waals surface area contributed by atoms with Crippen LogP contribution in [0.3, 0.4) is 0 Å². The number of nitrogens with two attached hydrogens (primary N) is 1. The third-order valence-corrected chi connectivity index (χ3v) is 6.06. The fraction of sp³-hybridized carbons (Fsp3) is 0.308. The van der Waals surface area contributed by atoms with E-state index in [0.29, 0.717) is 0 Å². The fourth-order valence-electron chi connectivity index (χ4n) is 3.61. The third kappa shape index (κ3) is 8.25. The van der Waals surface area contributed by atoms with Crippen LogP contribution in [0.4, 0.5) is 22.0 Å². The Bertz CT molecular complexity index is 1410. The van der Waals surface area contributed by atoms with Crippen LogP contribution >= 0.6 is 15.9 Å². The highest BCUT2D eigenvalue weighted by atomic mass is 79.9. The zero-order chi connectivity index (χ0) is 30.5. The summed E-state index contributed by atoms with van der Waals surface area (Å²) in [5.74, 6) is -6.93.